The van der Waals surface area contributed by atoms with Crippen molar-refractivity contribution in [3.63, 3.8) is 0 Å². The Balaban J connectivity index is 0.00000144. The van der Waals surface area contributed by atoms with Crippen LogP contribution < -0.4 is 0 Å². The van der Waals surface area contributed by atoms with Gasteiger partial charge in [-0.25, -0.2) is 0 Å². The van der Waals surface area contributed by atoms with Crippen LogP contribution in [0.1, 0.15) is 13.8 Å². The second-order valence-corrected chi connectivity index (χ2v) is 2.93. The van der Waals surface area contributed by atoms with Crippen LogP contribution in [0, 0.1) is 6.20 Å². The van der Waals surface area contributed by atoms with Crippen LogP contribution in [0.5, 0.6) is 0 Å². The summed E-state index contributed by atoms with van der Waals surface area (Å²) in [6.07, 6.45) is 4.78. The first-order valence-corrected chi connectivity index (χ1v) is 3.78. The van der Waals surface area contributed by atoms with Gasteiger partial charge in [-0.05, 0) is 14.0 Å². The SMILES string of the molecule is C=C1C(C)=[C-]N(C)C=C1C(C)=O.[Y]. The van der Waals surface area contributed by atoms with Crippen LogP contribution in [0.25, 0.3) is 0 Å². The van der Waals surface area contributed by atoms with E-state index in [0.29, 0.717) is 5.57 Å². The van der Waals surface area contributed by atoms with E-state index in [1.807, 2.05) is 14.0 Å². The predicted molar refractivity (Wildman–Crippen MR) is 48.1 cm³/mol. The molecule has 0 aromatic carbocycles. The van der Waals surface area contributed by atoms with Crippen LogP contribution >= 0.6 is 0 Å². The minimum absolute atomic E-state index is 0. The third kappa shape index (κ3) is 2.89. The Morgan fingerprint density at radius 3 is 2.62 bits per heavy atom. The summed E-state index contributed by atoms with van der Waals surface area (Å²) in [5.74, 6) is 0.0488. The standard InChI is InChI=1S/C10H12NO.Y/c1-7-5-11(4)6-10(8(7)2)9(3)12;/h6H,2H2,1,3-4H3;/q-1;. The van der Waals surface area contributed by atoms with Gasteiger partial charge in [0.05, 0.1) is 0 Å². The van der Waals surface area contributed by atoms with Gasteiger partial charge in [0.2, 0.25) is 0 Å². The van der Waals surface area contributed by atoms with E-state index in [1.54, 1.807) is 18.0 Å². The predicted octanol–water partition coefficient (Wildman–Crippen LogP) is 1.67. The van der Waals surface area contributed by atoms with Crippen molar-refractivity contribution in [1.82, 2.24) is 4.90 Å². The van der Waals surface area contributed by atoms with E-state index in [4.69, 9.17) is 0 Å². The number of carbonyl (C=O) groups is 1. The van der Waals surface area contributed by atoms with Gasteiger partial charge in [0.25, 0.3) is 0 Å². The summed E-state index contributed by atoms with van der Waals surface area (Å²) in [6, 6.07) is 0. The molecule has 1 rings (SSSR count). The number of allylic oxidation sites excluding steroid dienone is 3. The molecule has 0 fully saturated rings. The van der Waals surface area contributed by atoms with Gasteiger partial charge in [-0.1, -0.05) is 18.7 Å². The van der Waals surface area contributed by atoms with E-state index in [9.17, 15) is 4.79 Å². The van der Waals surface area contributed by atoms with Gasteiger partial charge >= 0.3 is 0 Å². The van der Waals surface area contributed by atoms with Crippen molar-refractivity contribution in [3.05, 3.63) is 35.7 Å². The molecule has 1 aliphatic rings. The van der Waals surface area contributed by atoms with E-state index in [2.05, 4.69) is 12.8 Å². The van der Waals surface area contributed by atoms with Crippen molar-refractivity contribution in [2.24, 2.45) is 0 Å². The molecule has 0 aliphatic carbocycles. The number of hydrogen-bond acceptors (Lipinski definition) is 2. The molecule has 0 unspecified atom stereocenters. The summed E-state index contributed by atoms with van der Waals surface area (Å²) >= 11 is 0. The molecule has 0 atom stereocenters. The molecule has 2 nitrogen and oxygen atoms in total. The zero-order chi connectivity index (χ0) is 9.30. The third-order valence-electron chi connectivity index (χ3n) is 1.82. The minimum atomic E-state index is 0. The van der Waals surface area contributed by atoms with Gasteiger partial charge in [-0.15, -0.1) is 23.9 Å². The quantitative estimate of drug-likeness (QED) is 0.660. The van der Waals surface area contributed by atoms with Crippen molar-refractivity contribution in [2.45, 2.75) is 13.8 Å². The molecule has 67 valence electrons. The number of ketones is 1. The fourth-order valence-corrected chi connectivity index (χ4v) is 1.14. The molecule has 0 aromatic heterocycles. The van der Waals surface area contributed by atoms with Crippen molar-refractivity contribution >= 4 is 5.78 Å². The summed E-state index contributed by atoms with van der Waals surface area (Å²) in [4.78, 5) is 12.9. The number of hydrogen-bond donors (Lipinski definition) is 0. The van der Waals surface area contributed by atoms with E-state index in [1.165, 1.54) is 0 Å². The summed E-state index contributed by atoms with van der Waals surface area (Å²) in [5, 5.41) is 0. The first kappa shape index (κ1) is 12.8. The molecular formula is C10H12NOY-. The second kappa shape index (κ2) is 4.87. The molecular weight excluding hydrogens is 239 g/mol. The molecule has 0 N–H and O–H groups in total. The Bertz CT molecular complexity index is 302. The first-order valence-electron chi connectivity index (χ1n) is 3.78. The van der Waals surface area contributed by atoms with Gasteiger partial charge in [0, 0.05) is 32.7 Å². The maximum atomic E-state index is 11.1. The van der Waals surface area contributed by atoms with Crippen molar-refractivity contribution in [3.8, 4) is 0 Å². The number of Topliss-reactive ketones (excluding diaryl/α,β-unsaturated/α-hetero) is 1. The number of rotatable bonds is 1. The fraction of sp³-hybridized carbons (Fsp3) is 0.300. The normalized spacial score (nSPS) is 15.9. The van der Waals surface area contributed by atoms with Gasteiger partial charge in [0.1, 0.15) is 5.78 Å². The van der Waals surface area contributed by atoms with Crippen LogP contribution in [0.15, 0.2) is 29.5 Å². The molecule has 0 spiro atoms. The second-order valence-electron chi connectivity index (χ2n) is 2.93. The first-order chi connectivity index (χ1) is 5.52. The third-order valence-corrected chi connectivity index (χ3v) is 1.82. The Morgan fingerprint density at radius 1 is 1.62 bits per heavy atom. The Labute approximate surface area is 104 Å². The van der Waals surface area contributed by atoms with Crippen molar-refractivity contribution < 1.29 is 37.5 Å². The summed E-state index contributed by atoms with van der Waals surface area (Å²) in [6.45, 7) is 7.26. The average molecular weight is 251 g/mol. The molecule has 1 radical (unpaired) electrons. The molecule has 13 heavy (non-hydrogen) atoms. The van der Waals surface area contributed by atoms with Gasteiger partial charge in [-0.2, -0.15) is 0 Å². The smallest absolute Gasteiger partial charge is 0.137 e. The molecule has 1 heterocycles. The maximum Gasteiger partial charge on any atom is 0.137 e. The Kier molecular flexibility index (Phi) is 4.79. The molecule has 0 aromatic rings. The van der Waals surface area contributed by atoms with E-state index in [0.717, 1.165) is 11.1 Å². The average Bonchev–Trinajstić information content (AvgIpc) is 1.96. The largest absolute Gasteiger partial charge is 0.463 e. The molecule has 3 heteroatoms. The van der Waals surface area contributed by atoms with Crippen LogP contribution in [0.3, 0.4) is 0 Å². The van der Waals surface area contributed by atoms with Gasteiger partial charge in [0.15, 0.2) is 0 Å². The Hall–Kier alpha value is -0.206. The number of carbonyl (C=O) groups excluding carboxylic acids is 1. The van der Waals surface area contributed by atoms with Crippen LogP contribution in [-0.2, 0) is 37.5 Å². The molecule has 0 bridgehead atoms. The monoisotopic (exact) mass is 251 g/mol. The van der Waals surface area contributed by atoms with E-state index < -0.39 is 0 Å². The molecule has 0 saturated carbocycles. The zero-order valence-electron chi connectivity index (χ0n) is 8.22. The van der Waals surface area contributed by atoms with Crippen molar-refractivity contribution in [1.29, 1.82) is 0 Å². The summed E-state index contributed by atoms with van der Waals surface area (Å²) in [7, 11) is 1.85. The van der Waals surface area contributed by atoms with E-state index >= 15 is 0 Å². The topological polar surface area (TPSA) is 20.3 Å². The molecule has 0 amide bonds. The van der Waals surface area contributed by atoms with Crippen LogP contribution in [0.4, 0.5) is 0 Å². The fourth-order valence-electron chi connectivity index (χ4n) is 1.14. The number of nitrogens with zero attached hydrogens (tertiary/aromatic N) is 1. The van der Waals surface area contributed by atoms with E-state index in [-0.39, 0.29) is 38.5 Å². The van der Waals surface area contributed by atoms with Crippen LogP contribution in [0.2, 0.25) is 0 Å². The van der Waals surface area contributed by atoms with Gasteiger partial charge < -0.3 is 4.90 Å². The zero-order valence-corrected chi connectivity index (χ0v) is 11.1. The summed E-state index contributed by atoms with van der Waals surface area (Å²) < 4.78 is 0. The maximum absolute atomic E-state index is 11.1. The van der Waals surface area contributed by atoms with Crippen molar-refractivity contribution in [2.75, 3.05) is 7.05 Å². The summed E-state index contributed by atoms with van der Waals surface area (Å²) in [5.41, 5.74) is 2.37. The minimum Gasteiger partial charge on any atom is -0.463 e. The molecule has 1 aliphatic heterocycles. The van der Waals surface area contributed by atoms with Crippen LogP contribution in [-0.4, -0.2) is 17.7 Å². The van der Waals surface area contributed by atoms with Gasteiger partial charge in [-0.3, -0.25) is 4.79 Å². The Morgan fingerprint density at radius 2 is 2.15 bits per heavy atom. The molecule has 0 saturated heterocycles.